The number of sulfone groups is 1. The quantitative estimate of drug-likeness (QED) is 0.194. The van der Waals surface area contributed by atoms with Crippen LogP contribution in [0.4, 0.5) is 13.2 Å². The van der Waals surface area contributed by atoms with E-state index in [1.165, 1.54) is 13.0 Å². The molecule has 0 amide bonds. The second-order valence-electron chi connectivity index (χ2n) is 11.4. The first-order valence-electron chi connectivity index (χ1n) is 14.0. The van der Waals surface area contributed by atoms with Crippen molar-refractivity contribution in [3.8, 4) is 22.9 Å². The van der Waals surface area contributed by atoms with E-state index in [-0.39, 0.29) is 50.4 Å². The molecule has 0 aromatic heterocycles. The van der Waals surface area contributed by atoms with Gasteiger partial charge in [0.2, 0.25) is 0 Å². The smallest absolute Gasteiger partial charge is 0.416 e. The van der Waals surface area contributed by atoms with Gasteiger partial charge in [0.25, 0.3) is 0 Å². The average Bonchev–Trinajstić information content (AvgIpc) is 2.99. The number of halogens is 3. The maximum absolute atomic E-state index is 13.7. The summed E-state index contributed by atoms with van der Waals surface area (Å²) in [7, 11) is -3.96. The molecule has 0 N–H and O–H groups in total. The van der Waals surface area contributed by atoms with Gasteiger partial charge in [-0.2, -0.15) is 13.2 Å². The van der Waals surface area contributed by atoms with E-state index < -0.39 is 32.8 Å². The highest BCUT2D eigenvalue weighted by molar-refractivity contribution is 7.91. The van der Waals surface area contributed by atoms with Crippen LogP contribution in [0.5, 0.6) is 0 Å². The SMILES string of the molecule is Cc1cc2oc3c(C)c(=O)c(C)c(C)c-3nc2cc1S(=O)(=O)CCc1c(C)c2nc3cc(C(F)(F)F)ccc3oc-2c(C)c1=O. The molecule has 0 radical (unpaired) electrons. The third-order valence-electron chi connectivity index (χ3n) is 8.52. The van der Waals surface area contributed by atoms with Gasteiger partial charge in [0.1, 0.15) is 22.4 Å². The Morgan fingerprint density at radius 2 is 1.29 bits per heavy atom. The number of hydrogen-bond donors (Lipinski definition) is 0. The van der Waals surface area contributed by atoms with Crippen molar-refractivity contribution in [1.82, 2.24) is 9.97 Å². The predicted octanol–water partition coefficient (Wildman–Crippen LogP) is 6.78. The van der Waals surface area contributed by atoms with E-state index in [4.69, 9.17) is 8.83 Å². The Hall–Kier alpha value is -4.58. The fraction of sp³-hybridized carbons (Fsp3) is 0.273. The molecule has 2 aromatic rings. The number of alkyl halides is 3. The molecule has 2 aromatic carbocycles. The summed E-state index contributed by atoms with van der Waals surface area (Å²) < 4.78 is 79.2. The summed E-state index contributed by atoms with van der Waals surface area (Å²) in [4.78, 5) is 35.0. The molecule has 2 aliphatic carbocycles. The number of aryl methyl sites for hydroxylation is 1. The summed E-state index contributed by atoms with van der Waals surface area (Å²) in [6, 6.07) is 5.90. The van der Waals surface area contributed by atoms with Gasteiger partial charge in [0, 0.05) is 22.3 Å². The molecular weight excluding hydrogens is 609 g/mol. The third kappa shape index (κ3) is 4.87. The fourth-order valence-corrected chi connectivity index (χ4v) is 7.25. The first kappa shape index (κ1) is 30.4. The first-order valence-corrected chi connectivity index (χ1v) is 15.7. The lowest BCUT2D eigenvalue weighted by Crippen LogP contribution is -2.21. The Labute approximate surface area is 255 Å². The molecule has 4 aliphatic rings. The second-order valence-corrected chi connectivity index (χ2v) is 13.5. The summed E-state index contributed by atoms with van der Waals surface area (Å²) >= 11 is 0. The number of fused-ring (bicyclic) bond motifs is 4. The van der Waals surface area contributed by atoms with Gasteiger partial charge in [-0.05, 0) is 95.0 Å². The van der Waals surface area contributed by atoms with Crippen LogP contribution >= 0.6 is 0 Å². The van der Waals surface area contributed by atoms with E-state index in [1.807, 2.05) is 0 Å². The minimum absolute atomic E-state index is 0.0185. The molecule has 8 nitrogen and oxygen atoms in total. The minimum Gasteiger partial charge on any atom is -0.452 e. The maximum Gasteiger partial charge on any atom is 0.416 e. The maximum atomic E-state index is 13.7. The number of rotatable bonds is 4. The van der Waals surface area contributed by atoms with Crippen molar-refractivity contribution in [2.45, 2.75) is 59.0 Å². The highest BCUT2D eigenvalue weighted by atomic mass is 32.2. The average molecular weight is 637 g/mol. The summed E-state index contributed by atoms with van der Waals surface area (Å²) in [5, 5.41) is 0. The molecule has 0 saturated heterocycles. The van der Waals surface area contributed by atoms with Crippen molar-refractivity contribution in [2.24, 2.45) is 0 Å². The van der Waals surface area contributed by atoms with E-state index >= 15 is 0 Å². The lowest BCUT2D eigenvalue weighted by Gasteiger charge is -2.17. The number of benzene rings is 4. The molecule has 232 valence electrons. The van der Waals surface area contributed by atoms with E-state index in [0.717, 1.165) is 18.2 Å². The number of aromatic nitrogens is 2. The van der Waals surface area contributed by atoms with Gasteiger partial charge in [-0.1, -0.05) is 0 Å². The van der Waals surface area contributed by atoms with Gasteiger partial charge in [0.15, 0.2) is 43.4 Å². The van der Waals surface area contributed by atoms with Crippen molar-refractivity contribution in [1.29, 1.82) is 0 Å². The molecular formula is C33H27F3N2O6S. The number of nitrogens with zero attached hydrogens (tertiary/aromatic N) is 2. The molecule has 0 fully saturated rings. The summed E-state index contributed by atoms with van der Waals surface area (Å²) in [5.74, 6) is 0.0531. The lowest BCUT2D eigenvalue weighted by molar-refractivity contribution is -0.137. The van der Waals surface area contributed by atoms with Crippen molar-refractivity contribution >= 4 is 32.0 Å². The zero-order chi connectivity index (χ0) is 32.7. The Kier molecular flexibility index (Phi) is 6.92. The van der Waals surface area contributed by atoms with Gasteiger partial charge >= 0.3 is 6.18 Å². The molecule has 2 aliphatic heterocycles. The molecule has 0 atom stereocenters. The molecule has 2 heterocycles. The lowest BCUT2D eigenvalue weighted by atomic mass is 9.96. The summed E-state index contributed by atoms with van der Waals surface area (Å²) in [6.45, 7) is 9.82. The van der Waals surface area contributed by atoms with Crippen molar-refractivity contribution in [2.75, 3.05) is 5.75 Å². The van der Waals surface area contributed by atoms with Crippen LogP contribution in [0.2, 0.25) is 0 Å². The van der Waals surface area contributed by atoms with Crippen LogP contribution in [0.3, 0.4) is 0 Å². The summed E-state index contributed by atoms with van der Waals surface area (Å²) in [6.07, 6.45) is -4.74. The molecule has 6 rings (SSSR count). The molecule has 45 heavy (non-hydrogen) atoms. The number of hydrogen-bond acceptors (Lipinski definition) is 8. The van der Waals surface area contributed by atoms with Crippen LogP contribution in [-0.4, -0.2) is 24.1 Å². The van der Waals surface area contributed by atoms with E-state index in [2.05, 4.69) is 9.97 Å². The van der Waals surface area contributed by atoms with Crippen LogP contribution in [0, 0.1) is 41.5 Å². The van der Waals surface area contributed by atoms with Gasteiger partial charge in [-0.3, -0.25) is 9.59 Å². The molecule has 0 bridgehead atoms. The fourth-order valence-electron chi connectivity index (χ4n) is 5.72. The van der Waals surface area contributed by atoms with Crippen LogP contribution in [-0.2, 0) is 22.4 Å². The normalized spacial score (nSPS) is 12.6. The van der Waals surface area contributed by atoms with Crippen molar-refractivity contribution in [3.63, 3.8) is 0 Å². The first-order chi connectivity index (χ1) is 21.0. The van der Waals surface area contributed by atoms with Crippen LogP contribution in [0.25, 0.3) is 45.1 Å². The van der Waals surface area contributed by atoms with E-state index in [9.17, 15) is 31.2 Å². The van der Waals surface area contributed by atoms with Gasteiger partial charge in [-0.15, -0.1) is 0 Å². The Morgan fingerprint density at radius 1 is 0.711 bits per heavy atom. The van der Waals surface area contributed by atoms with Gasteiger partial charge in [0.05, 0.1) is 16.2 Å². The Balaban J connectivity index is 1.42. The van der Waals surface area contributed by atoms with Gasteiger partial charge < -0.3 is 8.83 Å². The van der Waals surface area contributed by atoms with Crippen molar-refractivity contribution in [3.05, 3.63) is 95.3 Å². The largest absolute Gasteiger partial charge is 0.452 e. The van der Waals surface area contributed by atoms with E-state index in [0.29, 0.717) is 50.4 Å². The molecule has 0 spiro atoms. The Bertz CT molecular complexity index is 2390. The second kappa shape index (κ2) is 10.2. The topological polar surface area (TPSA) is 120 Å². The standard InChI is InChI=1S/C33H27F3N2O6S/c1-14-11-25-23(38-27-15(2)16(3)29(39)18(5)31(27)44-25)13-26(14)45(41,42)10-9-21-17(4)28-32(19(6)30(21)40)43-24-8-7-20(33(34,35)36)12-22(24)37-28/h7-8,11-13H,9-10H2,1-6H3. The Morgan fingerprint density at radius 3 is 1.93 bits per heavy atom. The molecule has 12 heteroatoms. The zero-order valence-electron chi connectivity index (χ0n) is 25.2. The predicted molar refractivity (Wildman–Crippen MR) is 163 cm³/mol. The monoisotopic (exact) mass is 636 g/mol. The van der Waals surface area contributed by atoms with Crippen LogP contribution in [0.15, 0.2) is 53.7 Å². The minimum atomic E-state index is -4.58. The highest BCUT2D eigenvalue weighted by Crippen LogP contribution is 2.36. The van der Waals surface area contributed by atoms with Crippen molar-refractivity contribution < 1.29 is 30.4 Å². The zero-order valence-corrected chi connectivity index (χ0v) is 26.0. The van der Waals surface area contributed by atoms with E-state index in [1.54, 1.807) is 40.7 Å². The van der Waals surface area contributed by atoms with Crippen LogP contribution in [0.1, 0.15) is 44.5 Å². The molecule has 0 saturated carbocycles. The summed E-state index contributed by atoms with van der Waals surface area (Å²) in [5.41, 5.74) is 2.56. The van der Waals surface area contributed by atoms with Crippen LogP contribution < -0.4 is 10.9 Å². The highest BCUT2D eigenvalue weighted by Gasteiger charge is 2.32. The third-order valence-corrected chi connectivity index (χ3v) is 10.4. The van der Waals surface area contributed by atoms with Gasteiger partial charge in [-0.25, -0.2) is 18.4 Å². The molecule has 0 unspecified atom stereocenters.